The molecule has 1 aliphatic heterocycles. The number of fused-ring (bicyclic) bond motifs is 1. The van der Waals surface area contributed by atoms with Crippen LogP contribution in [0, 0.1) is 10.1 Å². The first-order valence-corrected chi connectivity index (χ1v) is 11.6. The van der Waals surface area contributed by atoms with Crippen LogP contribution in [0.4, 0.5) is 11.6 Å². The molecule has 1 aliphatic rings. The molecule has 3 heterocycles. The van der Waals surface area contributed by atoms with Gasteiger partial charge in [-0.25, -0.2) is 15.0 Å². The molecule has 0 radical (unpaired) electrons. The summed E-state index contributed by atoms with van der Waals surface area (Å²) in [6, 6.07) is 25.1. The summed E-state index contributed by atoms with van der Waals surface area (Å²) < 4.78 is 5.60. The van der Waals surface area contributed by atoms with Gasteiger partial charge in [-0.15, -0.1) is 0 Å². The van der Waals surface area contributed by atoms with Crippen molar-refractivity contribution in [2.24, 2.45) is 5.10 Å². The number of anilines is 1. The number of hydrogen-bond donors (Lipinski definition) is 0. The predicted octanol–water partition coefficient (Wildman–Crippen LogP) is 6.81. The molecule has 6 rings (SSSR count). The highest BCUT2D eigenvalue weighted by molar-refractivity contribution is 6.31. The Balaban J connectivity index is 1.54. The van der Waals surface area contributed by atoms with E-state index >= 15 is 0 Å². The van der Waals surface area contributed by atoms with Gasteiger partial charge in [-0.2, -0.15) is 5.10 Å². The van der Waals surface area contributed by atoms with Crippen molar-refractivity contribution in [2.45, 2.75) is 12.5 Å². The van der Waals surface area contributed by atoms with Crippen molar-refractivity contribution in [3.63, 3.8) is 0 Å². The molecule has 5 aromatic rings. The maximum atomic E-state index is 11.5. The van der Waals surface area contributed by atoms with Crippen LogP contribution in [0.15, 0.2) is 101 Å². The lowest BCUT2D eigenvalue weighted by Crippen LogP contribution is -2.21. The van der Waals surface area contributed by atoms with E-state index in [2.05, 4.69) is 0 Å². The minimum atomic E-state index is -0.402. The summed E-state index contributed by atoms with van der Waals surface area (Å²) in [4.78, 5) is 20.8. The number of non-ortho nitro benzene ring substituents is 1. The number of rotatable bonds is 5. The summed E-state index contributed by atoms with van der Waals surface area (Å²) in [5.74, 6) is 1.01. The number of benzene rings is 3. The third-order valence-electron chi connectivity index (χ3n) is 6.08. The number of halogens is 1. The van der Waals surface area contributed by atoms with Crippen LogP contribution >= 0.6 is 11.6 Å². The molecule has 0 saturated carbocycles. The molecule has 0 N–H and O–H groups in total. The van der Waals surface area contributed by atoms with Gasteiger partial charge in [-0.3, -0.25) is 10.1 Å². The number of hydrogen-bond acceptors (Lipinski definition) is 7. The first-order valence-electron chi connectivity index (χ1n) is 11.2. The van der Waals surface area contributed by atoms with E-state index in [9.17, 15) is 10.1 Å². The van der Waals surface area contributed by atoms with Crippen molar-refractivity contribution in [2.75, 3.05) is 5.01 Å². The highest BCUT2D eigenvalue weighted by Crippen LogP contribution is 2.38. The number of aromatic nitrogens is 2. The summed E-state index contributed by atoms with van der Waals surface area (Å²) in [5.41, 5.74) is 3.79. The highest BCUT2D eigenvalue weighted by Gasteiger charge is 2.34. The zero-order valence-electron chi connectivity index (χ0n) is 18.8. The summed E-state index contributed by atoms with van der Waals surface area (Å²) >= 11 is 6.31. The molecule has 0 bridgehead atoms. The number of nitro groups is 1. The quantitative estimate of drug-likeness (QED) is 0.196. The minimum absolute atomic E-state index is 0.0120. The van der Waals surface area contributed by atoms with Crippen molar-refractivity contribution in [3.8, 4) is 11.3 Å². The van der Waals surface area contributed by atoms with Gasteiger partial charge in [0.2, 0.25) is 5.95 Å². The Labute approximate surface area is 210 Å². The monoisotopic (exact) mass is 495 g/mol. The molecule has 0 spiro atoms. The van der Waals surface area contributed by atoms with Crippen LogP contribution in [0.3, 0.4) is 0 Å². The molecule has 1 unspecified atom stereocenters. The topological polar surface area (TPSA) is 97.7 Å². The fraction of sp³-hybridized carbons (Fsp3) is 0.0741. The summed E-state index contributed by atoms with van der Waals surface area (Å²) in [7, 11) is 0. The Morgan fingerprint density at radius 1 is 0.972 bits per heavy atom. The molecule has 176 valence electrons. The Bertz CT molecular complexity index is 1620. The predicted molar refractivity (Wildman–Crippen MR) is 138 cm³/mol. The van der Waals surface area contributed by atoms with E-state index in [1.165, 1.54) is 6.07 Å². The zero-order chi connectivity index (χ0) is 24.6. The summed E-state index contributed by atoms with van der Waals surface area (Å²) in [6.45, 7) is 0. The molecule has 1 atom stereocenters. The lowest BCUT2D eigenvalue weighted by Gasteiger charge is -2.23. The third kappa shape index (κ3) is 3.97. The van der Waals surface area contributed by atoms with E-state index in [1.54, 1.807) is 35.5 Å². The van der Waals surface area contributed by atoms with E-state index in [0.29, 0.717) is 34.4 Å². The van der Waals surface area contributed by atoms with Crippen molar-refractivity contribution < 1.29 is 9.34 Å². The molecule has 2 aromatic heterocycles. The van der Waals surface area contributed by atoms with Gasteiger partial charge < -0.3 is 4.42 Å². The molecular weight excluding hydrogens is 478 g/mol. The van der Waals surface area contributed by atoms with Gasteiger partial charge in [0.05, 0.1) is 28.4 Å². The van der Waals surface area contributed by atoms with Gasteiger partial charge in [0.1, 0.15) is 11.5 Å². The molecular formula is C27H18ClN5O3. The van der Waals surface area contributed by atoms with E-state index in [-0.39, 0.29) is 11.7 Å². The lowest BCUT2D eigenvalue weighted by molar-refractivity contribution is -0.384. The third-order valence-corrected chi connectivity index (χ3v) is 6.31. The van der Waals surface area contributed by atoms with E-state index in [1.807, 2.05) is 54.6 Å². The molecule has 0 amide bonds. The average Bonchev–Trinajstić information content (AvgIpc) is 3.59. The fourth-order valence-corrected chi connectivity index (χ4v) is 4.57. The first-order chi connectivity index (χ1) is 17.6. The van der Waals surface area contributed by atoms with Crippen LogP contribution in [-0.4, -0.2) is 20.6 Å². The standard InChI is InChI=1S/C27H18ClN5O3/c28-19-11-12-22-21(15-19)26(17-6-2-1-3-7-17)30-27(29-22)32-24(16-23(31-32)25-10-5-13-36-25)18-8-4-9-20(14-18)33(34)35/h1-15,24H,16H2. The highest BCUT2D eigenvalue weighted by atomic mass is 35.5. The van der Waals surface area contributed by atoms with E-state index < -0.39 is 4.92 Å². The molecule has 9 heteroatoms. The summed E-state index contributed by atoms with van der Waals surface area (Å²) in [5, 5.41) is 19.4. The van der Waals surface area contributed by atoms with Crippen LogP contribution in [0.5, 0.6) is 0 Å². The van der Waals surface area contributed by atoms with Crippen LogP contribution in [0.2, 0.25) is 5.02 Å². The van der Waals surface area contributed by atoms with Gasteiger partial charge in [-0.05, 0) is 35.9 Å². The molecule has 3 aromatic carbocycles. The van der Waals surface area contributed by atoms with Gasteiger partial charge in [0.25, 0.3) is 5.69 Å². The summed E-state index contributed by atoms with van der Waals surface area (Å²) in [6.07, 6.45) is 2.06. The second-order valence-electron chi connectivity index (χ2n) is 8.34. The average molecular weight is 496 g/mol. The second kappa shape index (κ2) is 8.90. The Kier molecular flexibility index (Phi) is 5.42. The van der Waals surface area contributed by atoms with Crippen molar-refractivity contribution in [3.05, 3.63) is 118 Å². The van der Waals surface area contributed by atoms with Gasteiger partial charge in [0, 0.05) is 34.5 Å². The van der Waals surface area contributed by atoms with E-state index in [0.717, 1.165) is 22.2 Å². The van der Waals surface area contributed by atoms with Crippen LogP contribution in [-0.2, 0) is 0 Å². The van der Waals surface area contributed by atoms with Crippen molar-refractivity contribution in [1.82, 2.24) is 9.97 Å². The fourth-order valence-electron chi connectivity index (χ4n) is 4.40. The SMILES string of the molecule is O=[N+]([O-])c1cccc(C2CC(c3ccco3)=NN2c2nc(-c3ccccc3)c3cc(Cl)ccc3n2)c1. The lowest BCUT2D eigenvalue weighted by atomic mass is 10.0. The number of hydrazone groups is 1. The molecule has 0 aliphatic carbocycles. The number of nitro benzene ring substituents is 1. The molecule has 0 fully saturated rings. The Morgan fingerprint density at radius 2 is 1.83 bits per heavy atom. The first kappa shape index (κ1) is 21.9. The van der Waals surface area contributed by atoms with Crippen molar-refractivity contribution >= 4 is 39.9 Å². The van der Waals surface area contributed by atoms with Gasteiger partial charge in [0.15, 0.2) is 0 Å². The van der Waals surface area contributed by atoms with Crippen LogP contribution in [0.25, 0.3) is 22.2 Å². The largest absolute Gasteiger partial charge is 0.463 e. The second-order valence-corrected chi connectivity index (χ2v) is 8.78. The smallest absolute Gasteiger partial charge is 0.269 e. The number of furan rings is 1. The van der Waals surface area contributed by atoms with Crippen LogP contribution < -0.4 is 5.01 Å². The van der Waals surface area contributed by atoms with Crippen molar-refractivity contribution in [1.29, 1.82) is 0 Å². The number of nitrogens with zero attached hydrogens (tertiary/aromatic N) is 5. The maximum Gasteiger partial charge on any atom is 0.269 e. The van der Waals surface area contributed by atoms with Gasteiger partial charge >= 0.3 is 0 Å². The molecule has 0 saturated heterocycles. The Morgan fingerprint density at radius 3 is 2.61 bits per heavy atom. The van der Waals surface area contributed by atoms with E-state index in [4.69, 9.17) is 31.1 Å². The normalized spacial score (nSPS) is 15.3. The minimum Gasteiger partial charge on any atom is -0.463 e. The molecule has 8 nitrogen and oxygen atoms in total. The molecule has 36 heavy (non-hydrogen) atoms. The maximum absolute atomic E-state index is 11.5. The van der Waals surface area contributed by atoms with Gasteiger partial charge in [-0.1, -0.05) is 54.1 Å². The zero-order valence-corrected chi connectivity index (χ0v) is 19.5. The van der Waals surface area contributed by atoms with Crippen LogP contribution in [0.1, 0.15) is 23.8 Å². The Hall–Kier alpha value is -4.56.